The Morgan fingerprint density at radius 2 is 0.462 bits per heavy atom. The number of carbonyl (C=O) groups excluding carboxylic acids is 4. The number of ether oxygens (including phenoxy) is 4. The van der Waals surface area contributed by atoms with Crippen LogP contribution in [0.4, 0.5) is 0 Å². The molecule has 0 aliphatic carbocycles. The van der Waals surface area contributed by atoms with E-state index in [2.05, 4.69) is 55.4 Å². The third-order valence-electron chi connectivity index (χ3n) is 16.6. The van der Waals surface area contributed by atoms with Crippen LogP contribution in [0.1, 0.15) is 357 Å². The quantitative estimate of drug-likeness (QED) is 0.0222. The molecule has 0 aromatic rings. The molecule has 0 bridgehead atoms. The molecule has 5 atom stereocenters. The fourth-order valence-corrected chi connectivity index (χ4v) is 12.4. The Labute approximate surface area is 556 Å². The first-order chi connectivity index (χ1) is 43.6. The van der Waals surface area contributed by atoms with Crippen molar-refractivity contribution in [3.63, 3.8) is 0 Å². The van der Waals surface area contributed by atoms with E-state index in [1.54, 1.807) is 0 Å². The van der Waals surface area contributed by atoms with Gasteiger partial charge < -0.3 is 33.8 Å². The molecule has 3 N–H and O–H groups in total. The molecule has 91 heavy (non-hydrogen) atoms. The van der Waals surface area contributed by atoms with Gasteiger partial charge in [-0.3, -0.25) is 37.3 Å². The van der Waals surface area contributed by atoms with Gasteiger partial charge in [-0.05, 0) is 49.4 Å². The molecule has 0 aliphatic rings. The minimum Gasteiger partial charge on any atom is -0.462 e. The van der Waals surface area contributed by atoms with Gasteiger partial charge >= 0.3 is 39.5 Å². The van der Waals surface area contributed by atoms with E-state index in [9.17, 15) is 43.2 Å². The largest absolute Gasteiger partial charge is 0.472 e. The first-order valence-corrected chi connectivity index (χ1v) is 40.2. The number of aliphatic hydroxyl groups is 1. The molecule has 0 fully saturated rings. The van der Waals surface area contributed by atoms with Crippen LogP contribution in [0.25, 0.3) is 0 Å². The van der Waals surface area contributed by atoms with Crippen LogP contribution >= 0.6 is 15.6 Å². The van der Waals surface area contributed by atoms with Gasteiger partial charge in [-0.15, -0.1) is 0 Å². The van der Waals surface area contributed by atoms with Crippen LogP contribution in [0.3, 0.4) is 0 Å². The van der Waals surface area contributed by atoms with E-state index in [1.165, 1.54) is 154 Å². The second kappa shape index (κ2) is 61.6. The van der Waals surface area contributed by atoms with Gasteiger partial charge in [0, 0.05) is 25.7 Å². The number of phosphoric acid groups is 2. The van der Waals surface area contributed by atoms with Crippen molar-refractivity contribution < 1.29 is 80.2 Å². The first kappa shape index (κ1) is 89.1. The molecule has 3 unspecified atom stereocenters. The van der Waals surface area contributed by atoms with Gasteiger partial charge in [-0.1, -0.05) is 306 Å². The average Bonchev–Trinajstić information content (AvgIpc) is 3.51. The lowest BCUT2D eigenvalue weighted by atomic mass is 10.0. The third kappa shape index (κ3) is 66.5. The van der Waals surface area contributed by atoms with E-state index >= 15 is 0 Å². The minimum atomic E-state index is -4.95. The van der Waals surface area contributed by atoms with Crippen molar-refractivity contribution in [2.45, 2.75) is 375 Å². The first-order valence-electron chi connectivity index (χ1n) is 37.2. The molecule has 0 spiro atoms. The lowest BCUT2D eigenvalue weighted by molar-refractivity contribution is -0.161. The predicted octanol–water partition coefficient (Wildman–Crippen LogP) is 20.5. The van der Waals surface area contributed by atoms with Crippen molar-refractivity contribution in [2.24, 2.45) is 23.7 Å². The van der Waals surface area contributed by atoms with Crippen LogP contribution < -0.4 is 0 Å². The van der Waals surface area contributed by atoms with E-state index in [-0.39, 0.29) is 25.7 Å². The van der Waals surface area contributed by atoms with Crippen LogP contribution in [-0.2, 0) is 65.4 Å². The molecule has 19 heteroatoms. The van der Waals surface area contributed by atoms with Crippen molar-refractivity contribution in [1.82, 2.24) is 0 Å². The molecule has 17 nitrogen and oxygen atoms in total. The van der Waals surface area contributed by atoms with Crippen molar-refractivity contribution in [2.75, 3.05) is 39.6 Å². The van der Waals surface area contributed by atoms with Gasteiger partial charge in [0.05, 0.1) is 26.4 Å². The Hall–Kier alpha value is -1.94. The zero-order valence-corrected chi connectivity index (χ0v) is 61.3. The Balaban J connectivity index is 5.23. The highest BCUT2D eigenvalue weighted by atomic mass is 31.2. The zero-order valence-electron chi connectivity index (χ0n) is 59.5. The van der Waals surface area contributed by atoms with Crippen LogP contribution in [-0.4, -0.2) is 96.7 Å². The smallest absolute Gasteiger partial charge is 0.462 e. The van der Waals surface area contributed by atoms with Crippen LogP contribution in [0, 0.1) is 23.7 Å². The average molecular weight is 1340 g/mol. The van der Waals surface area contributed by atoms with Gasteiger partial charge in [0.2, 0.25) is 0 Å². The minimum absolute atomic E-state index is 0.103. The van der Waals surface area contributed by atoms with E-state index in [0.29, 0.717) is 31.6 Å². The van der Waals surface area contributed by atoms with E-state index in [0.717, 1.165) is 114 Å². The van der Waals surface area contributed by atoms with E-state index in [1.807, 2.05) is 0 Å². The summed E-state index contributed by atoms with van der Waals surface area (Å²) in [6, 6.07) is 0. The molecule has 0 aliphatic heterocycles. The fourth-order valence-electron chi connectivity index (χ4n) is 10.8. The summed E-state index contributed by atoms with van der Waals surface area (Å²) in [5.41, 5.74) is 0. The third-order valence-corrected chi connectivity index (χ3v) is 18.5. The number of hydrogen-bond donors (Lipinski definition) is 3. The topological polar surface area (TPSA) is 237 Å². The molecule has 0 heterocycles. The lowest BCUT2D eigenvalue weighted by Crippen LogP contribution is -2.30. The molecule has 0 aromatic heterocycles. The maximum atomic E-state index is 13.0. The summed E-state index contributed by atoms with van der Waals surface area (Å²) >= 11 is 0. The van der Waals surface area contributed by atoms with Gasteiger partial charge in [0.1, 0.15) is 19.3 Å². The summed E-state index contributed by atoms with van der Waals surface area (Å²) < 4.78 is 68.3. The van der Waals surface area contributed by atoms with Gasteiger partial charge in [-0.25, -0.2) is 9.13 Å². The lowest BCUT2D eigenvalue weighted by Gasteiger charge is -2.21. The summed E-state index contributed by atoms with van der Waals surface area (Å²) in [5, 5.41) is 10.6. The number of esters is 4. The predicted molar refractivity (Wildman–Crippen MR) is 367 cm³/mol. The fraction of sp³-hybridized carbons (Fsp3) is 0.944. The molecule has 0 rings (SSSR count). The summed E-state index contributed by atoms with van der Waals surface area (Å²) in [5.74, 6) is 0.846. The second-order valence-electron chi connectivity index (χ2n) is 27.9. The van der Waals surface area contributed by atoms with Gasteiger partial charge in [-0.2, -0.15) is 0 Å². The van der Waals surface area contributed by atoms with Crippen molar-refractivity contribution >= 4 is 39.5 Å². The van der Waals surface area contributed by atoms with Crippen molar-refractivity contribution in [3.05, 3.63) is 0 Å². The van der Waals surface area contributed by atoms with E-state index < -0.39 is 97.5 Å². The monoisotopic (exact) mass is 1340 g/mol. The Bertz CT molecular complexity index is 1800. The standard InChI is InChI=1S/C72H140O17P2/c1-62(2)48-40-32-24-17-13-11-9-10-12-14-19-28-36-44-52-69(74)82-58-67(88-71(76)54-46-38-29-20-16-15-18-25-33-41-49-63(3)4)60-86-90(78,79)84-56-66(73)57-85-91(80,81)87-61-68(59-83-70(75)53-45-37-31-23-27-35-43-51-65(7)8)89-72(77)55-47-39-30-22-21-26-34-42-50-64(5)6/h62-68,73H,9-61H2,1-8H3,(H,78,79)(H,80,81)/t66?,67-,68-/m1/s1. The summed E-state index contributed by atoms with van der Waals surface area (Å²) in [7, 11) is -9.90. The number of rotatable bonds is 69. The van der Waals surface area contributed by atoms with Crippen LogP contribution in [0.15, 0.2) is 0 Å². The van der Waals surface area contributed by atoms with Crippen molar-refractivity contribution in [3.8, 4) is 0 Å². The SMILES string of the molecule is CC(C)CCCCCCCCCCCCCCCCC(=O)OC[C@H](COP(=O)(O)OCC(O)COP(=O)(O)OC[C@@H](COC(=O)CCCCCCCCCC(C)C)OC(=O)CCCCCCCCCCC(C)C)OC(=O)CCCCCCCCCCCCC(C)C. The highest BCUT2D eigenvalue weighted by Crippen LogP contribution is 2.45. The Morgan fingerprint density at radius 1 is 0.275 bits per heavy atom. The number of phosphoric ester groups is 2. The Kier molecular flexibility index (Phi) is 60.3. The summed E-state index contributed by atoms with van der Waals surface area (Å²) in [6.45, 7) is 14.1. The zero-order chi connectivity index (χ0) is 67.5. The number of hydrogen-bond acceptors (Lipinski definition) is 15. The normalized spacial score (nSPS) is 14.2. The van der Waals surface area contributed by atoms with Gasteiger partial charge in [0.15, 0.2) is 12.2 Å². The molecule has 0 radical (unpaired) electrons. The molecule has 0 amide bonds. The molecular formula is C72H140O17P2. The molecular weight excluding hydrogens is 1200 g/mol. The van der Waals surface area contributed by atoms with Crippen molar-refractivity contribution in [1.29, 1.82) is 0 Å². The number of aliphatic hydroxyl groups excluding tert-OH is 1. The maximum absolute atomic E-state index is 13.0. The maximum Gasteiger partial charge on any atom is 0.472 e. The summed E-state index contributed by atoms with van der Waals surface area (Å²) in [6.07, 6.45) is 44.6. The molecule has 0 aromatic carbocycles. The molecule has 0 saturated heterocycles. The Morgan fingerprint density at radius 3 is 0.681 bits per heavy atom. The molecule has 0 saturated carbocycles. The number of unbranched alkanes of at least 4 members (excludes halogenated alkanes) is 35. The van der Waals surface area contributed by atoms with Crippen LogP contribution in [0.5, 0.6) is 0 Å². The van der Waals surface area contributed by atoms with Gasteiger partial charge in [0.25, 0.3) is 0 Å². The van der Waals surface area contributed by atoms with E-state index in [4.69, 9.17) is 37.0 Å². The molecule has 540 valence electrons. The highest BCUT2D eigenvalue weighted by Gasteiger charge is 2.30. The summed E-state index contributed by atoms with van der Waals surface area (Å²) in [4.78, 5) is 72.6. The van der Waals surface area contributed by atoms with Crippen LogP contribution in [0.2, 0.25) is 0 Å². The highest BCUT2D eigenvalue weighted by molar-refractivity contribution is 7.47. The second-order valence-corrected chi connectivity index (χ2v) is 30.8. The number of carbonyl (C=O) groups is 4.